The molecule has 0 aromatic heterocycles. The van der Waals surface area contributed by atoms with Gasteiger partial charge in [0.25, 0.3) is 0 Å². The van der Waals surface area contributed by atoms with Crippen LogP contribution in [0.1, 0.15) is 13.8 Å². The van der Waals surface area contributed by atoms with Crippen LogP contribution in [0.25, 0.3) is 0 Å². The highest BCUT2D eigenvalue weighted by atomic mass is 35.5. The maximum Gasteiger partial charge on any atom is 0.169 e. The Balaban J connectivity index is 2.69. The Labute approximate surface area is 82.5 Å². The number of halogens is 1. The lowest BCUT2D eigenvalue weighted by molar-refractivity contribution is -0.122. The zero-order chi connectivity index (χ0) is 9.84. The number of carbonyl (C=O) groups is 1. The second kappa shape index (κ2) is 4.28. The van der Waals surface area contributed by atoms with E-state index in [-0.39, 0.29) is 5.78 Å². The Bertz CT molecular complexity index is 310. The first-order valence-electron chi connectivity index (χ1n) is 4.02. The van der Waals surface area contributed by atoms with Crippen molar-refractivity contribution in [3.05, 3.63) is 29.3 Å². The van der Waals surface area contributed by atoms with Crippen LogP contribution >= 0.6 is 11.6 Å². The number of rotatable bonds is 3. The Morgan fingerprint density at radius 2 is 2.23 bits per heavy atom. The number of hydrogen-bond acceptors (Lipinski definition) is 2. The first-order valence-corrected chi connectivity index (χ1v) is 4.40. The van der Waals surface area contributed by atoms with E-state index in [0.717, 1.165) is 0 Å². The van der Waals surface area contributed by atoms with Crippen molar-refractivity contribution in [2.24, 2.45) is 0 Å². The molecule has 0 aliphatic heterocycles. The molecule has 1 unspecified atom stereocenters. The van der Waals surface area contributed by atoms with Gasteiger partial charge in [0, 0.05) is 5.02 Å². The van der Waals surface area contributed by atoms with Crippen LogP contribution in [0.5, 0.6) is 5.75 Å². The predicted octanol–water partition coefficient (Wildman–Crippen LogP) is 2.70. The van der Waals surface area contributed by atoms with Crippen LogP contribution in [0.2, 0.25) is 5.02 Å². The normalized spacial score (nSPS) is 12.2. The molecule has 70 valence electrons. The molecular weight excluding hydrogens is 188 g/mol. The molecule has 0 heterocycles. The van der Waals surface area contributed by atoms with E-state index in [1.165, 1.54) is 6.92 Å². The minimum absolute atomic E-state index is 0.0000227. The molecule has 0 amide bonds. The van der Waals surface area contributed by atoms with Crippen molar-refractivity contribution >= 4 is 17.4 Å². The molecule has 1 rings (SSSR count). The summed E-state index contributed by atoms with van der Waals surface area (Å²) in [5.41, 5.74) is 0. The molecule has 1 aromatic carbocycles. The van der Waals surface area contributed by atoms with Gasteiger partial charge < -0.3 is 4.74 Å². The summed E-state index contributed by atoms with van der Waals surface area (Å²) in [6, 6.07) is 6.99. The van der Waals surface area contributed by atoms with Crippen molar-refractivity contribution in [2.45, 2.75) is 20.0 Å². The van der Waals surface area contributed by atoms with Crippen LogP contribution in [0.4, 0.5) is 0 Å². The van der Waals surface area contributed by atoms with E-state index >= 15 is 0 Å². The second-order valence-corrected chi connectivity index (χ2v) is 3.26. The molecule has 0 aliphatic carbocycles. The fraction of sp³-hybridized carbons (Fsp3) is 0.300. The van der Waals surface area contributed by atoms with Gasteiger partial charge in [0.1, 0.15) is 5.75 Å². The summed E-state index contributed by atoms with van der Waals surface area (Å²) in [5.74, 6) is 0.621. The van der Waals surface area contributed by atoms with Crippen molar-refractivity contribution in [3.8, 4) is 5.75 Å². The van der Waals surface area contributed by atoms with Crippen molar-refractivity contribution in [1.29, 1.82) is 0 Å². The average Bonchev–Trinajstić information content (AvgIpc) is 2.04. The SMILES string of the molecule is CC(=O)C(C)Oc1cccc(Cl)c1. The average molecular weight is 199 g/mol. The van der Waals surface area contributed by atoms with E-state index in [0.29, 0.717) is 10.8 Å². The number of carbonyl (C=O) groups excluding carboxylic acids is 1. The molecule has 1 aromatic rings. The molecular formula is C10H11ClO2. The van der Waals surface area contributed by atoms with E-state index in [4.69, 9.17) is 16.3 Å². The highest BCUT2D eigenvalue weighted by Gasteiger charge is 2.08. The number of Topliss-reactive ketones (excluding diaryl/α,β-unsaturated/α-hetero) is 1. The summed E-state index contributed by atoms with van der Waals surface area (Å²) in [5, 5.41) is 0.605. The monoisotopic (exact) mass is 198 g/mol. The Morgan fingerprint density at radius 1 is 1.54 bits per heavy atom. The molecule has 3 heteroatoms. The lowest BCUT2D eigenvalue weighted by atomic mass is 10.3. The summed E-state index contributed by atoms with van der Waals surface area (Å²) < 4.78 is 5.32. The molecule has 2 nitrogen and oxygen atoms in total. The minimum atomic E-state index is -0.418. The summed E-state index contributed by atoms with van der Waals surface area (Å²) in [4.78, 5) is 10.9. The van der Waals surface area contributed by atoms with Gasteiger partial charge in [-0.3, -0.25) is 4.79 Å². The van der Waals surface area contributed by atoms with Gasteiger partial charge in [-0.15, -0.1) is 0 Å². The number of ether oxygens (including phenoxy) is 1. The van der Waals surface area contributed by atoms with Gasteiger partial charge in [-0.1, -0.05) is 17.7 Å². The fourth-order valence-corrected chi connectivity index (χ4v) is 1.01. The van der Waals surface area contributed by atoms with E-state index < -0.39 is 6.10 Å². The molecule has 0 spiro atoms. The van der Waals surface area contributed by atoms with Crippen molar-refractivity contribution in [2.75, 3.05) is 0 Å². The van der Waals surface area contributed by atoms with Crippen molar-refractivity contribution < 1.29 is 9.53 Å². The van der Waals surface area contributed by atoms with Gasteiger partial charge in [-0.05, 0) is 32.0 Å². The fourth-order valence-electron chi connectivity index (χ4n) is 0.827. The maximum absolute atomic E-state index is 10.9. The van der Waals surface area contributed by atoms with Crippen LogP contribution in [0, 0.1) is 0 Å². The van der Waals surface area contributed by atoms with Crippen LogP contribution in [-0.4, -0.2) is 11.9 Å². The highest BCUT2D eigenvalue weighted by molar-refractivity contribution is 6.30. The van der Waals surface area contributed by atoms with Gasteiger partial charge in [0.05, 0.1) is 0 Å². The summed E-state index contributed by atoms with van der Waals surface area (Å²) in [6.45, 7) is 3.21. The van der Waals surface area contributed by atoms with E-state index in [9.17, 15) is 4.79 Å². The zero-order valence-electron chi connectivity index (χ0n) is 7.58. The molecule has 0 radical (unpaired) electrons. The Kier molecular flexibility index (Phi) is 3.32. The Hall–Kier alpha value is -1.02. The number of hydrogen-bond donors (Lipinski definition) is 0. The molecule has 0 bridgehead atoms. The van der Waals surface area contributed by atoms with Gasteiger partial charge in [0.2, 0.25) is 0 Å². The zero-order valence-corrected chi connectivity index (χ0v) is 8.34. The minimum Gasteiger partial charge on any atom is -0.483 e. The maximum atomic E-state index is 10.9. The third-order valence-electron chi connectivity index (χ3n) is 1.68. The summed E-state index contributed by atoms with van der Waals surface area (Å²) in [7, 11) is 0. The molecule has 13 heavy (non-hydrogen) atoms. The van der Waals surface area contributed by atoms with Gasteiger partial charge in [-0.2, -0.15) is 0 Å². The summed E-state index contributed by atoms with van der Waals surface area (Å²) >= 11 is 5.74. The molecule has 0 N–H and O–H groups in total. The number of benzene rings is 1. The first-order chi connectivity index (χ1) is 6.09. The summed E-state index contributed by atoms with van der Waals surface area (Å²) in [6.07, 6.45) is -0.418. The quantitative estimate of drug-likeness (QED) is 0.747. The molecule has 1 atom stereocenters. The highest BCUT2D eigenvalue weighted by Crippen LogP contribution is 2.18. The van der Waals surface area contributed by atoms with Crippen LogP contribution in [0.3, 0.4) is 0 Å². The Morgan fingerprint density at radius 3 is 2.77 bits per heavy atom. The van der Waals surface area contributed by atoms with E-state index in [2.05, 4.69) is 0 Å². The topological polar surface area (TPSA) is 26.3 Å². The van der Waals surface area contributed by atoms with Crippen molar-refractivity contribution in [1.82, 2.24) is 0 Å². The molecule has 0 saturated carbocycles. The molecule has 0 fully saturated rings. The third-order valence-corrected chi connectivity index (χ3v) is 1.92. The van der Waals surface area contributed by atoms with Crippen LogP contribution in [0.15, 0.2) is 24.3 Å². The first kappa shape index (κ1) is 10.1. The van der Waals surface area contributed by atoms with Gasteiger partial charge in [-0.25, -0.2) is 0 Å². The van der Waals surface area contributed by atoms with E-state index in [1.54, 1.807) is 31.2 Å². The van der Waals surface area contributed by atoms with Crippen LogP contribution in [-0.2, 0) is 4.79 Å². The third kappa shape index (κ3) is 3.07. The predicted molar refractivity (Wildman–Crippen MR) is 52.2 cm³/mol. The smallest absolute Gasteiger partial charge is 0.169 e. The lowest BCUT2D eigenvalue weighted by Gasteiger charge is -2.11. The van der Waals surface area contributed by atoms with Gasteiger partial charge >= 0.3 is 0 Å². The lowest BCUT2D eigenvalue weighted by Crippen LogP contribution is -2.20. The largest absolute Gasteiger partial charge is 0.483 e. The van der Waals surface area contributed by atoms with Gasteiger partial charge in [0.15, 0.2) is 11.9 Å². The second-order valence-electron chi connectivity index (χ2n) is 2.83. The van der Waals surface area contributed by atoms with Crippen LogP contribution < -0.4 is 4.74 Å². The van der Waals surface area contributed by atoms with E-state index in [1.807, 2.05) is 0 Å². The van der Waals surface area contributed by atoms with Crippen molar-refractivity contribution in [3.63, 3.8) is 0 Å². The number of ketones is 1. The molecule has 0 aliphatic rings. The molecule has 0 saturated heterocycles. The standard InChI is InChI=1S/C10H11ClO2/c1-7(12)8(2)13-10-5-3-4-9(11)6-10/h3-6,8H,1-2H3.